The molecule has 0 aliphatic rings. The van der Waals surface area contributed by atoms with Crippen molar-refractivity contribution in [3.63, 3.8) is 0 Å². The van der Waals surface area contributed by atoms with E-state index in [4.69, 9.17) is 4.74 Å². The van der Waals surface area contributed by atoms with Crippen molar-refractivity contribution >= 4 is 15.9 Å². The first kappa shape index (κ1) is 8.68. The van der Waals surface area contributed by atoms with Gasteiger partial charge in [0.15, 0.2) is 0 Å². The van der Waals surface area contributed by atoms with E-state index in [0.717, 1.165) is 23.2 Å². The number of methoxy groups -OCH3 is 1. The third kappa shape index (κ3) is 2.99. The lowest BCUT2D eigenvalue weighted by atomic mass is 10.3. The van der Waals surface area contributed by atoms with Crippen LogP contribution in [0.15, 0.2) is 22.8 Å². The summed E-state index contributed by atoms with van der Waals surface area (Å²) in [5, 5.41) is 0. The summed E-state index contributed by atoms with van der Waals surface area (Å²) in [6, 6.07) is 3.91. The fourth-order valence-corrected chi connectivity index (χ4v) is 1.17. The van der Waals surface area contributed by atoms with Crippen LogP contribution in [0.5, 0.6) is 0 Å². The maximum Gasteiger partial charge on any atom is 0.0517 e. The third-order valence-electron chi connectivity index (χ3n) is 1.34. The summed E-state index contributed by atoms with van der Waals surface area (Å²) in [4.78, 5) is 4.17. The van der Waals surface area contributed by atoms with Crippen LogP contribution in [0.25, 0.3) is 0 Å². The molecule has 1 aromatic rings. The Bertz CT molecular complexity index is 227. The predicted octanol–water partition coefficient (Wildman–Crippen LogP) is 2.03. The van der Waals surface area contributed by atoms with Gasteiger partial charge in [0.25, 0.3) is 0 Å². The summed E-state index contributed by atoms with van der Waals surface area (Å²) in [5.41, 5.74) is 1.06. The first-order valence-electron chi connectivity index (χ1n) is 3.42. The van der Waals surface area contributed by atoms with Crippen LogP contribution in [0.4, 0.5) is 0 Å². The monoisotopic (exact) mass is 215 g/mol. The van der Waals surface area contributed by atoms with E-state index in [1.54, 1.807) is 13.3 Å². The second-order valence-corrected chi connectivity index (χ2v) is 3.12. The van der Waals surface area contributed by atoms with E-state index in [-0.39, 0.29) is 0 Å². The molecule has 1 rings (SSSR count). The number of ether oxygens (including phenoxy) is 1. The zero-order chi connectivity index (χ0) is 8.10. The number of nitrogens with zero attached hydrogens (tertiary/aromatic N) is 1. The molecule has 0 spiro atoms. The molecule has 0 bridgehead atoms. The van der Waals surface area contributed by atoms with Gasteiger partial charge in [-0.2, -0.15) is 0 Å². The zero-order valence-electron chi connectivity index (χ0n) is 6.38. The average Bonchev–Trinajstić information content (AvgIpc) is 2.01. The van der Waals surface area contributed by atoms with Gasteiger partial charge >= 0.3 is 0 Å². The van der Waals surface area contributed by atoms with Crippen molar-refractivity contribution < 1.29 is 4.74 Å². The second kappa shape index (κ2) is 4.46. The summed E-state index contributed by atoms with van der Waals surface area (Å²) in [7, 11) is 1.69. The van der Waals surface area contributed by atoms with Crippen LogP contribution in [0.3, 0.4) is 0 Å². The minimum absolute atomic E-state index is 0.726. The van der Waals surface area contributed by atoms with Crippen LogP contribution in [0, 0.1) is 0 Å². The second-order valence-electron chi connectivity index (χ2n) is 2.21. The van der Waals surface area contributed by atoms with E-state index in [1.165, 1.54) is 0 Å². The fraction of sp³-hybridized carbons (Fsp3) is 0.375. The normalized spacial score (nSPS) is 10.0. The van der Waals surface area contributed by atoms with Gasteiger partial charge < -0.3 is 4.74 Å². The Balaban J connectivity index is 2.56. The van der Waals surface area contributed by atoms with E-state index in [0.29, 0.717) is 0 Å². The summed E-state index contributed by atoms with van der Waals surface area (Å²) < 4.78 is 6.00. The number of hydrogen-bond acceptors (Lipinski definition) is 2. The Morgan fingerprint density at radius 2 is 2.45 bits per heavy atom. The molecule has 0 saturated heterocycles. The van der Waals surface area contributed by atoms with Crippen molar-refractivity contribution in [2.24, 2.45) is 0 Å². The van der Waals surface area contributed by atoms with Crippen LogP contribution in [0.1, 0.15) is 5.69 Å². The predicted molar refractivity (Wildman–Crippen MR) is 47.5 cm³/mol. The van der Waals surface area contributed by atoms with E-state index in [9.17, 15) is 0 Å². The molecule has 0 fully saturated rings. The number of aromatic nitrogens is 1. The molecule has 11 heavy (non-hydrogen) atoms. The number of hydrogen-bond donors (Lipinski definition) is 0. The van der Waals surface area contributed by atoms with Gasteiger partial charge in [-0.05, 0) is 12.1 Å². The lowest BCUT2D eigenvalue weighted by Gasteiger charge is -1.98. The highest BCUT2D eigenvalue weighted by molar-refractivity contribution is 9.10. The quantitative estimate of drug-likeness (QED) is 0.771. The van der Waals surface area contributed by atoms with E-state index < -0.39 is 0 Å². The van der Waals surface area contributed by atoms with Crippen molar-refractivity contribution in [3.05, 3.63) is 28.5 Å². The first-order chi connectivity index (χ1) is 5.33. The highest BCUT2D eigenvalue weighted by atomic mass is 79.9. The smallest absolute Gasteiger partial charge is 0.0517 e. The van der Waals surface area contributed by atoms with Crippen molar-refractivity contribution in [2.75, 3.05) is 13.7 Å². The Morgan fingerprint density at radius 3 is 3.09 bits per heavy atom. The van der Waals surface area contributed by atoms with Gasteiger partial charge in [-0.25, -0.2) is 0 Å². The Kier molecular flexibility index (Phi) is 3.52. The van der Waals surface area contributed by atoms with Crippen molar-refractivity contribution in [1.29, 1.82) is 0 Å². The summed E-state index contributed by atoms with van der Waals surface area (Å²) >= 11 is 3.37. The van der Waals surface area contributed by atoms with Crippen molar-refractivity contribution in [2.45, 2.75) is 6.42 Å². The van der Waals surface area contributed by atoms with E-state index in [1.807, 2.05) is 12.1 Å². The Labute approximate surface area is 74.7 Å². The highest BCUT2D eigenvalue weighted by Crippen LogP contribution is 2.09. The topological polar surface area (TPSA) is 22.1 Å². The molecule has 1 heterocycles. The fourth-order valence-electron chi connectivity index (χ4n) is 0.792. The number of rotatable bonds is 3. The van der Waals surface area contributed by atoms with Gasteiger partial charge in [0.1, 0.15) is 0 Å². The average molecular weight is 216 g/mol. The van der Waals surface area contributed by atoms with Crippen molar-refractivity contribution in [3.8, 4) is 0 Å². The van der Waals surface area contributed by atoms with E-state index >= 15 is 0 Å². The number of halogens is 1. The molecule has 0 unspecified atom stereocenters. The maximum atomic E-state index is 4.93. The molecule has 0 amide bonds. The molecule has 0 aliphatic heterocycles. The highest BCUT2D eigenvalue weighted by Gasteiger charge is 1.93. The molecule has 0 N–H and O–H groups in total. The van der Waals surface area contributed by atoms with Crippen LogP contribution in [-0.2, 0) is 11.2 Å². The summed E-state index contributed by atoms with van der Waals surface area (Å²) in [6.07, 6.45) is 2.66. The van der Waals surface area contributed by atoms with E-state index in [2.05, 4.69) is 20.9 Å². The number of pyridine rings is 1. The standard InChI is InChI=1S/C8H10BrNO/c1-11-5-3-8-6-7(9)2-4-10-8/h2,4,6H,3,5H2,1H3. The Morgan fingerprint density at radius 1 is 1.64 bits per heavy atom. The molecule has 0 radical (unpaired) electrons. The van der Waals surface area contributed by atoms with Crippen LogP contribution in [0.2, 0.25) is 0 Å². The van der Waals surface area contributed by atoms with Gasteiger partial charge in [0.05, 0.1) is 6.61 Å². The van der Waals surface area contributed by atoms with Crippen LogP contribution in [-0.4, -0.2) is 18.7 Å². The van der Waals surface area contributed by atoms with Crippen LogP contribution >= 0.6 is 15.9 Å². The van der Waals surface area contributed by atoms with Crippen LogP contribution < -0.4 is 0 Å². The Hall–Kier alpha value is -0.410. The van der Waals surface area contributed by atoms with Gasteiger partial charge in [0.2, 0.25) is 0 Å². The summed E-state index contributed by atoms with van der Waals surface area (Å²) in [5.74, 6) is 0. The minimum atomic E-state index is 0.726. The lowest BCUT2D eigenvalue weighted by molar-refractivity contribution is 0.201. The third-order valence-corrected chi connectivity index (χ3v) is 1.83. The molecule has 0 saturated carbocycles. The maximum absolute atomic E-state index is 4.93. The molecule has 0 aromatic carbocycles. The molecule has 0 atom stereocenters. The summed E-state index contributed by atoms with van der Waals surface area (Å²) in [6.45, 7) is 0.726. The zero-order valence-corrected chi connectivity index (χ0v) is 7.97. The molecule has 60 valence electrons. The van der Waals surface area contributed by atoms with Gasteiger partial charge in [-0.1, -0.05) is 15.9 Å². The van der Waals surface area contributed by atoms with Gasteiger partial charge in [0, 0.05) is 29.9 Å². The largest absolute Gasteiger partial charge is 0.384 e. The molecule has 0 aliphatic carbocycles. The SMILES string of the molecule is COCCc1cc(Br)ccn1. The molecular weight excluding hydrogens is 206 g/mol. The van der Waals surface area contributed by atoms with Gasteiger partial charge in [-0.15, -0.1) is 0 Å². The molecule has 1 aromatic heterocycles. The molecule has 3 heteroatoms. The van der Waals surface area contributed by atoms with Gasteiger partial charge in [-0.3, -0.25) is 4.98 Å². The molecule has 2 nitrogen and oxygen atoms in total. The minimum Gasteiger partial charge on any atom is -0.384 e. The molecular formula is C8H10BrNO. The van der Waals surface area contributed by atoms with Crippen molar-refractivity contribution in [1.82, 2.24) is 4.98 Å². The first-order valence-corrected chi connectivity index (χ1v) is 4.21. The lowest BCUT2D eigenvalue weighted by Crippen LogP contribution is -1.96.